The molecule has 1 aromatic carbocycles. The van der Waals surface area contributed by atoms with Gasteiger partial charge in [0.2, 0.25) is 0 Å². The zero-order valence-corrected chi connectivity index (χ0v) is 16.0. The molecule has 0 bridgehead atoms. The summed E-state index contributed by atoms with van der Waals surface area (Å²) in [6.45, 7) is 1.41. The number of ether oxygens (including phenoxy) is 2. The molecule has 0 spiro atoms. The van der Waals surface area contributed by atoms with E-state index < -0.39 is 5.97 Å². The molecule has 1 saturated heterocycles. The minimum atomic E-state index is -0.541. The number of hydrogen-bond acceptors (Lipinski definition) is 6. The van der Waals surface area contributed by atoms with Gasteiger partial charge in [0.05, 0.1) is 11.6 Å². The number of esters is 1. The van der Waals surface area contributed by atoms with Gasteiger partial charge >= 0.3 is 5.97 Å². The van der Waals surface area contributed by atoms with Crippen molar-refractivity contribution < 1.29 is 19.1 Å². The number of anilines is 1. The largest absolute Gasteiger partial charge is 0.496 e. The maximum Gasteiger partial charge on any atom is 0.342 e. The fourth-order valence-corrected chi connectivity index (χ4v) is 3.41. The molecule has 1 aromatic heterocycles. The topological polar surface area (TPSA) is 68.7 Å². The van der Waals surface area contributed by atoms with E-state index in [1.165, 1.54) is 0 Å². The Morgan fingerprint density at radius 3 is 2.69 bits per heavy atom. The van der Waals surface area contributed by atoms with Gasteiger partial charge in [0.15, 0.2) is 12.4 Å². The lowest BCUT2D eigenvalue weighted by molar-refractivity contribution is 0.0475. The van der Waals surface area contributed by atoms with Crippen molar-refractivity contribution in [1.82, 2.24) is 4.98 Å². The van der Waals surface area contributed by atoms with E-state index in [0.717, 1.165) is 25.9 Å². The molecule has 1 aliphatic rings. The number of methoxy groups -OCH3 is 1. The number of benzene rings is 1. The lowest BCUT2D eigenvalue weighted by Crippen LogP contribution is -2.23. The zero-order chi connectivity index (χ0) is 18.5. The average Bonchev–Trinajstić information content (AvgIpc) is 3.20. The Morgan fingerprint density at radius 1 is 1.23 bits per heavy atom. The van der Waals surface area contributed by atoms with E-state index in [2.05, 4.69) is 25.8 Å². The number of rotatable bonds is 6. The lowest BCUT2D eigenvalue weighted by atomic mass is 10.1. The van der Waals surface area contributed by atoms with Crippen LogP contribution >= 0.6 is 15.9 Å². The first-order valence-corrected chi connectivity index (χ1v) is 9.13. The number of carbonyl (C=O) groups is 2. The summed E-state index contributed by atoms with van der Waals surface area (Å²) in [5.74, 6) is 0.424. The van der Waals surface area contributed by atoms with Gasteiger partial charge in [0.25, 0.3) is 0 Å². The fraction of sp³-hybridized carbons (Fsp3) is 0.316. The van der Waals surface area contributed by atoms with E-state index in [0.29, 0.717) is 27.2 Å². The molecule has 0 aliphatic carbocycles. The second kappa shape index (κ2) is 8.31. The molecule has 6 nitrogen and oxygen atoms in total. The Kier molecular flexibility index (Phi) is 5.88. The standard InChI is InChI=1S/C19H19BrN2O4/c1-25-17-7-6-13(11-15(17)20)16(23)12-26-19(24)14-5-4-8-21-18(14)22-9-2-3-10-22/h4-8,11H,2-3,9-10,12H2,1H3. The van der Waals surface area contributed by atoms with Crippen LogP contribution < -0.4 is 9.64 Å². The monoisotopic (exact) mass is 418 g/mol. The van der Waals surface area contributed by atoms with Crippen LogP contribution in [0.3, 0.4) is 0 Å². The normalized spacial score (nSPS) is 13.5. The van der Waals surface area contributed by atoms with Crippen LogP contribution in [0.4, 0.5) is 5.82 Å². The van der Waals surface area contributed by atoms with Crippen molar-refractivity contribution in [3.8, 4) is 5.75 Å². The number of halogens is 1. The van der Waals surface area contributed by atoms with Crippen molar-refractivity contribution in [2.24, 2.45) is 0 Å². The van der Waals surface area contributed by atoms with Crippen LogP contribution in [0.5, 0.6) is 5.75 Å². The molecule has 136 valence electrons. The number of hydrogen-bond donors (Lipinski definition) is 0. The predicted molar refractivity (Wildman–Crippen MR) is 101 cm³/mol. The molecule has 2 heterocycles. The molecule has 7 heteroatoms. The van der Waals surface area contributed by atoms with Gasteiger partial charge in [-0.05, 0) is 59.1 Å². The van der Waals surface area contributed by atoms with Gasteiger partial charge in [-0.25, -0.2) is 9.78 Å². The summed E-state index contributed by atoms with van der Waals surface area (Å²) in [7, 11) is 1.55. The van der Waals surface area contributed by atoms with E-state index in [1.54, 1.807) is 43.6 Å². The molecule has 0 atom stereocenters. The summed E-state index contributed by atoms with van der Waals surface area (Å²) in [5, 5.41) is 0. The number of nitrogens with zero attached hydrogens (tertiary/aromatic N) is 2. The molecule has 0 unspecified atom stereocenters. The number of pyridine rings is 1. The number of Topliss-reactive ketones (excluding diaryl/α,β-unsaturated/α-hetero) is 1. The third-order valence-corrected chi connectivity index (χ3v) is 4.84. The predicted octanol–water partition coefficient (Wildman–Crippen LogP) is 3.49. The van der Waals surface area contributed by atoms with E-state index in [4.69, 9.17) is 9.47 Å². The average molecular weight is 419 g/mol. The van der Waals surface area contributed by atoms with Gasteiger partial charge in [0.1, 0.15) is 17.1 Å². The molecular formula is C19H19BrN2O4. The smallest absolute Gasteiger partial charge is 0.342 e. The molecule has 1 fully saturated rings. The Morgan fingerprint density at radius 2 is 2.00 bits per heavy atom. The first-order chi connectivity index (χ1) is 12.6. The summed E-state index contributed by atoms with van der Waals surface area (Å²) in [6.07, 6.45) is 3.82. The highest BCUT2D eigenvalue weighted by atomic mass is 79.9. The zero-order valence-electron chi connectivity index (χ0n) is 14.4. The number of ketones is 1. The molecular weight excluding hydrogens is 400 g/mol. The maximum atomic E-state index is 12.5. The molecule has 0 amide bonds. The number of carbonyl (C=O) groups excluding carboxylic acids is 2. The van der Waals surface area contributed by atoms with Crippen molar-refractivity contribution in [3.05, 3.63) is 52.1 Å². The lowest BCUT2D eigenvalue weighted by Gasteiger charge is -2.18. The molecule has 0 saturated carbocycles. The number of aromatic nitrogens is 1. The minimum absolute atomic E-state index is 0.284. The molecule has 0 N–H and O–H groups in total. The van der Waals surface area contributed by atoms with Gasteiger partial charge < -0.3 is 14.4 Å². The van der Waals surface area contributed by atoms with Crippen molar-refractivity contribution in [1.29, 1.82) is 0 Å². The van der Waals surface area contributed by atoms with Crippen molar-refractivity contribution in [3.63, 3.8) is 0 Å². The molecule has 26 heavy (non-hydrogen) atoms. The van der Waals surface area contributed by atoms with Gasteiger partial charge in [-0.3, -0.25) is 4.79 Å². The van der Waals surface area contributed by atoms with Crippen LogP contribution in [0.2, 0.25) is 0 Å². The Hall–Kier alpha value is -2.41. The maximum absolute atomic E-state index is 12.5. The van der Waals surface area contributed by atoms with Crippen LogP contribution in [-0.4, -0.2) is 43.5 Å². The molecule has 3 rings (SSSR count). The summed E-state index contributed by atoms with van der Waals surface area (Å²) < 4.78 is 11.0. The SMILES string of the molecule is COc1ccc(C(=O)COC(=O)c2cccnc2N2CCCC2)cc1Br. The Balaban J connectivity index is 1.67. The van der Waals surface area contributed by atoms with E-state index in [-0.39, 0.29) is 12.4 Å². The highest BCUT2D eigenvalue weighted by Crippen LogP contribution is 2.26. The third-order valence-electron chi connectivity index (χ3n) is 4.22. The van der Waals surface area contributed by atoms with Crippen molar-refractivity contribution in [2.45, 2.75) is 12.8 Å². The van der Waals surface area contributed by atoms with Crippen molar-refractivity contribution >= 4 is 33.5 Å². The van der Waals surface area contributed by atoms with E-state index >= 15 is 0 Å². The second-order valence-corrected chi connectivity index (χ2v) is 6.77. The van der Waals surface area contributed by atoms with E-state index in [9.17, 15) is 9.59 Å². The minimum Gasteiger partial charge on any atom is -0.496 e. The summed E-state index contributed by atoms with van der Waals surface area (Å²) in [4.78, 5) is 31.1. The van der Waals surface area contributed by atoms with Gasteiger partial charge in [-0.1, -0.05) is 0 Å². The van der Waals surface area contributed by atoms with Crippen LogP contribution in [0.15, 0.2) is 41.0 Å². The highest BCUT2D eigenvalue weighted by molar-refractivity contribution is 9.10. The highest BCUT2D eigenvalue weighted by Gasteiger charge is 2.22. The van der Waals surface area contributed by atoms with E-state index in [1.807, 2.05) is 0 Å². The summed E-state index contributed by atoms with van der Waals surface area (Å²) in [5.41, 5.74) is 0.828. The van der Waals surface area contributed by atoms with Crippen LogP contribution in [0.25, 0.3) is 0 Å². The third kappa shape index (κ3) is 4.04. The second-order valence-electron chi connectivity index (χ2n) is 5.92. The van der Waals surface area contributed by atoms with Gasteiger partial charge in [-0.15, -0.1) is 0 Å². The first-order valence-electron chi connectivity index (χ1n) is 8.34. The van der Waals surface area contributed by atoms with Gasteiger partial charge in [-0.2, -0.15) is 0 Å². The fourth-order valence-electron chi connectivity index (χ4n) is 2.87. The quantitative estimate of drug-likeness (QED) is 0.528. The van der Waals surface area contributed by atoms with Gasteiger partial charge in [0, 0.05) is 24.8 Å². The molecule has 1 aliphatic heterocycles. The first kappa shape index (κ1) is 18.4. The van der Waals surface area contributed by atoms with Crippen molar-refractivity contribution in [2.75, 3.05) is 31.7 Å². The molecule has 2 aromatic rings. The summed E-state index contributed by atoms with van der Waals surface area (Å²) in [6, 6.07) is 8.34. The summed E-state index contributed by atoms with van der Waals surface area (Å²) >= 11 is 3.34. The van der Waals surface area contributed by atoms with Crippen LogP contribution in [0.1, 0.15) is 33.6 Å². The molecule has 0 radical (unpaired) electrons. The van der Waals surface area contributed by atoms with Crippen LogP contribution in [0, 0.1) is 0 Å². The Labute approximate surface area is 160 Å². The Bertz CT molecular complexity index is 819. The van der Waals surface area contributed by atoms with Crippen LogP contribution in [-0.2, 0) is 4.74 Å².